The van der Waals surface area contributed by atoms with Gasteiger partial charge in [-0.25, -0.2) is 0 Å². The number of Topliss-reactive ketones (excluding diaryl/α,β-unsaturated/α-hetero) is 1. The Morgan fingerprint density at radius 3 is 2.29 bits per heavy atom. The molecule has 3 aromatic carbocycles. The number of rotatable bonds is 2. The SMILES string of the molecule is O=C1c2c(O)cc3oc4cc(O)c(O)cc4c3c2OC1Cc1ccc(O)cc1. The molecule has 2 heterocycles. The van der Waals surface area contributed by atoms with E-state index in [-0.39, 0.29) is 57.7 Å². The van der Waals surface area contributed by atoms with Crippen molar-refractivity contribution in [3.05, 3.63) is 53.6 Å². The fourth-order valence-corrected chi connectivity index (χ4v) is 3.61. The second-order valence-corrected chi connectivity index (χ2v) is 6.75. The first kappa shape index (κ1) is 16.3. The van der Waals surface area contributed by atoms with Crippen LogP contribution in [0.5, 0.6) is 28.7 Å². The number of aromatic hydroxyl groups is 4. The summed E-state index contributed by atoms with van der Waals surface area (Å²) in [6.07, 6.45) is -0.581. The molecule has 0 saturated carbocycles. The van der Waals surface area contributed by atoms with Crippen molar-refractivity contribution in [3.63, 3.8) is 0 Å². The molecule has 1 atom stereocenters. The molecule has 0 saturated heterocycles. The van der Waals surface area contributed by atoms with Gasteiger partial charge in [-0.1, -0.05) is 12.1 Å². The Morgan fingerprint density at radius 2 is 1.54 bits per heavy atom. The van der Waals surface area contributed by atoms with Gasteiger partial charge in [-0.2, -0.15) is 0 Å². The molecule has 4 aromatic rings. The van der Waals surface area contributed by atoms with E-state index >= 15 is 0 Å². The molecule has 0 fully saturated rings. The lowest BCUT2D eigenvalue weighted by Gasteiger charge is -2.09. The average Bonchev–Trinajstić information content (AvgIpc) is 3.15. The van der Waals surface area contributed by atoms with Gasteiger partial charge in [-0.3, -0.25) is 4.79 Å². The highest BCUT2D eigenvalue weighted by Gasteiger charge is 2.38. The van der Waals surface area contributed by atoms with E-state index in [0.29, 0.717) is 10.8 Å². The van der Waals surface area contributed by atoms with Crippen molar-refractivity contribution in [2.24, 2.45) is 0 Å². The largest absolute Gasteiger partial charge is 0.508 e. The highest BCUT2D eigenvalue weighted by Crippen LogP contribution is 2.47. The molecule has 0 bridgehead atoms. The number of phenolic OH excluding ortho intramolecular Hbond substituents is 4. The normalized spacial score (nSPS) is 15.9. The molecule has 28 heavy (non-hydrogen) atoms. The second-order valence-electron chi connectivity index (χ2n) is 6.75. The molecule has 7 nitrogen and oxygen atoms in total. The minimum atomic E-state index is -0.841. The first-order chi connectivity index (χ1) is 13.4. The molecular weight excluding hydrogens is 364 g/mol. The van der Waals surface area contributed by atoms with Crippen LogP contribution in [0, 0.1) is 0 Å². The van der Waals surface area contributed by atoms with E-state index in [2.05, 4.69) is 0 Å². The lowest BCUT2D eigenvalue weighted by atomic mass is 10.00. The molecule has 0 spiro atoms. The van der Waals surface area contributed by atoms with E-state index < -0.39 is 6.10 Å². The van der Waals surface area contributed by atoms with E-state index in [9.17, 15) is 25.2 Å². The molecule has 0 aliphatic carbocycles. The van der Waals surface area contributed by atoms with Gasteiger partial charge in [0.15, 0.2) is 17.6 Å². The minimum absolute atomic E-state index is 0.0616. The number of ketones is 1. The van der Waals surface area contributed by atoms with E-state index in [1.54, 1.807) is 12.1 Å². The van der Waals surface area contributed by atoms with Crippen LogP contribution < -0.4 is 4.74 Å². The van der Waals surface area contributed by atoms with E-state index in [1.165, 1.54) is 30.3 Å². The predicted octanol–water partition coefficient (Wildman–Crippen LogP) is 3.59. The number of ether oxygens (including phenoxy) is 1. The summed E-state index contributed by atoms with van der Waals surface area (Å²) in [7, 11) is 0. The number of carbonyl (C=O) groups excluding carboxylic acids is 1. The van der Waals surface area contributed by atoms with Crippen LogP contribution in [-0.4, -0.2) is 32.3 Å². The van der Waals surface area contributed by atoms with Crippen LogP contribution in [0.2, 0.25) is 0 Å². The number of furan rings is 1. The quantitative estimate of drug-likeness (QED) is 0.393. The van der Waals surface area contributed by atoms with Crippen molar-refractivity contribution >= 4 is 27.7 Å². The van der Waals surface area contributed by atoms with Crippen molar-refractivity contribution in [3.8, 4) is 28.7 Å². The van der Waals surface area contributed by atoms with E-state index in [4.69, 9.17) is 9.15 Å². The van der Waals surface area contributed by atoms with Crippen molar-refractivity contribution in [2.75, 3.05) is 0 Å². The van der Waals surface area contributed by atoms with Crippen LogP contribution in [0.15, 0.2) is 46.9 Å². The van der Waals surface area contributed by atoms with Gasteiger partial charge in [0.1, 0.15) is 34.0 Å². The van der Waals surface area contributed by atoms with Crippen molar-refractivity contribution in [1.29, 1.82) is 0 Å². The number of benzene rings is 3. The third kappa shape index (κ3) is 2.26. The Balaban J connectivity index is 1.66. The monoisotopic (exact) mass is 378 g/mol. The molecule has 4 N–H and O–H groups in total. The van der Waals surface area contributed by atoms with Crippen molar-refractivity contribution < 1.29 is 34.4 Å². The van der Waals surface area contributed by atoms with E-state index in [1.807, 2.05) is 0 Å². The summed E-state index contributed by atoms with van der Waals surface area (Å²) >= 11 is 0. The van der Waals surface area contributed by atoms with Gasteiger partial charge in [0.05, 0.1) is 5.39 Å². The van der Waals surface area contributed by atoms with Crippen LogP contribution in [0.1, 0.15) is 15.9 Å². The molecule has 0 radical (unpaired) electrons. The topological polar surface area (TPSA) is 120 Å². The average molecular weight is 378 g/mol. The standard InChI is InChI=1S/C21H14O7/c22-10-3-1-9(2-4-10)5-17-20(26)19-14(25)8-16-18(21(19)28-17)11-6-12(23)13(24)7-15(11)27-16/h1-4,6-8,17,22-25H,5H2. The number of carbonyl (C=O) groups is 1. The first-order valence-corrected chi connectivity index (χ1v) is 8.55. The third-order valence-corrected chi connectivity index (χ3v) is 4.95. The predicted molar refractivity (Wildman–Crippen MR) is 99.3 cm³/mol. The maximum Gasteiger partial charge on any atom is 0.211 e. The van der Waals surface area contributed by atoms with Gasteiger partial charge in [0.2, 0.25) is 5.78 Å². The molecular formula is C21H14O7. The van der Waals surface area contributed by atoms with Crippen LogP contribution >= 0.6 is 0 Å². The van der Waals surface area contributed by atoms with E-state index in [0.717, 1.165) is 5.56 Å². The smallest absolute Gasteiger partial charge is 0.211 e. The molecule has 140 valence electrons. The van der Waals surface area contributed by atoms with Crippen molar-refractivity contribution in [2.45, 2.75) is 12.5 Å². The fraction of sp³-hybridized carbons (Fsp3) is 0.0952. The maximum absolute atomic E-state index is 12.9. The highest BCUT2D eigenvalue weighted by atomic mass is 16.5. The van der Waals surface area contributed by atoms with Gasteiger partial charge < -0.3 is 29.6 Å². The highest BCUT2D eigenvalue weighted by molar-refractivity contribution is 6.18. The maximum atomic E-state index is 12.9. The Labute approximate surface area is 157 Å². The zero-order valence-electron chi connectivity index (χ0n) is 14.3. The van der Waals surface area contributed by atoms with Crippen molar-refractivity contribution in [1.82, 2.24) is 0 Å². The summed E-state index contributed by atoms with van der Waals surface area (Å²) in [6, 6.07) is 10.4. The second kappa shape index (κ2) is 5.56. The molecule has 7 heteroatoms. The summed E-state index contributed by atoms with van der Waals surface area (Å²) in [4.78, 5) is 12.9. The first-order valence-electron chi connectivity index (χ1n) is 8.55. The minimum Gasteiger partial charge on any atom is -0.508 e. The van der Waals surface area contributed by atoms with Crippen LogP contribution in [0.3, 0.4) is 0 Å². The van der Waals surface area contributed by atoms with Crippen LogP contribution in [0.4, 0.5) is 0 Å². The lowest BCUT2D eigenvalue weighted by molar-refractivity contribution is 0.0857. The fourth-order valence-electron chi connectivity index (χ4n) is 3.61. The zero-order valence-corrected chi connectivity index (χ0v) is 14.3. The van der Waals surface area contributed by atoms with Crippen LogP contribution in [-0.2, 0) is 6.42 Å². The van der Waals surface area contributed by atoms with Gasteiger partial charge in [0.25, 0.3) is 0 Å². The molecule has 1 unspecified atom stereocenters. The molecule has 1 aromatic heterocycles. The summed E-state index contributed by atoms with van der Waals surface area (Å²) in [5.41, 5.74) is 1.41. The zero-order chi connectivity index (χ0) is 19.6. The summed E-state index contributed by atoms with van der Waals surface area (Å²) in [5.74, 6) is -0.977. The molecule has 0 amide bonds. The van der Waals surface area contributed by atoms with Gasteiger partial charge in [-0.05, 0) is 23.8 Å². The number of hydrogen-bond donors (Lipinski definition) is 4. The van der Waals surface area contributed by atoms with Crippen LogP contribution in [0.25, 0.3) is 21.9 Å². The van der Waals surface area contributed by atoms with Gasteiger partial charge in [-0.15, -0.1) is 0 Å². The third-order valence-electron chi connectivity index (χ3n) is 4.95. The summed E-state index contributed by atoms with van der Waals surface area (Å²) < 4.78 is 11.6. The Morgan fingerprint density at radius 1 is 0.857 bits per heavy atom. The van der Waals surface area contributed by atoms with Gasteiger partial charge >= 0.3 is 0 Å². The summed E-state index contributed by atoms with van der Waals surface area (Å²) in [6.45, 7) is 0. The van der Waals surface area contributed by atoms with Gasteiger partial charge in [0, 0.05) is 23.9 Å². The Kier molecular flexibility index (Phi) is 3.24. The number of fused-ring (bicyclic) bond motifs is 5. The molecule has 5 rings (SSSR count). The number of hydrogen-bond acceptors (Lipinski definition) is 7. The summed E-state index contributed by atoms with van der Waals surface area (Å²) in [5, 5.41) is 40.2. The lowest BCUT2D eigenvalue weighted by Crippen LogP contribution is -2.23. The molecule has 1 aliphatic rings. The Hall–Kier alpha value is -3.87. The number of phenols is 4. The Bertz CT molecular complexity index is 1270. The molecule has 1 aliphatic heterocycles.